The van der Waals surface area contributed by atoms with Gasteiger partial charge in [0.05, 0.1) is 0 Å². The Morgan fingerprint density at radius 3 is 2.44 bits per heavy atom. The molecular formula is C12H12F3NOS. The number of hydrogen-bond acceptors (Lipinski definition) is 2. The lowest BCUT2D eigenvalue weighted by molar-refractivity contribution is 0.0746. The maximum Gasteiger partial charge on any atom is 0.254 e. The number of halogens is 3. The predicted octanol–water partition coefficient (Wildman–Crippen LogP) is 2.68. The molecule has 1 fully saturated rings. The zero-order valence-electron chi connectivity index (χ0n) is 9.75. The van der Waals surface area contributed by atoms with Crippen LogP contribution < -0.4 is 0 Å². The number of benzene rings is 1. The first kappa shape index (κ1) is 13.3. The summed E-state index contributed by atoms with van der Waals surface area (Å²) in [4.78, 5) is 13.5. The molecule has 1 heterocycles. The molecule has 1 atom stereocenters. The van der Waals surface area contributed by atoms with Crippen LogP contribution in [0.25, 0.3) is 0 Å². The van der Waals surface area contributed by atoms with E-state index in [0.29, 0.717) is 0 Å². The molecule has 6 heteroatoms. The van der Waals surface area contributed by atoms with Crippen molar-refractivity contribution in [1.29, 1.82) is 0 Å². The molecule has 18 heavy (non-hydrogen) atoms. The van der Waals surface area contributed by atoms with Gasteiger partial charge >= 0.3 is 0 Å². The van der Waals surface area contributed by atoms with E-state index >= 15 is 0 Å². The lowest BCUT2D eigenvalue weighted by Crippen LogP contribution is -2.37. The molecule has 1 aliphatic heterocycles. The van der Waals surface area contributed by atoms with Crippen molar-refractivity contribution in [3.8, 4) is 0 Å². The first-order valence-corrected chi connectivity index (χ1v) is 6.65. The molecule has 0 N–H and O–H groups in total. The molecule has 1 saturated heterocycles. The van der Waals surface area contributed by atoms with E-state index < -0.39 is 23.4 Å². The van der Waals surface area contributed by atoms with Gasteiger partial charge in [0.15, 0.2) is 17.5 Å². The molecule has 1 amide bonds. The van der Waals surface area contributed by atoms with Crippen molar-refractivity contribution in [2.45, 2.75) is 12.5 Å². The number of hydrogen-bond donors (Lipinski definition) is 0. The second kappa shape index (κ2) is 5.22. The van der Waals surface area contributed by atoms with Crippen LogP contribution in [0.1, 0.15) is 16.8 Å². The average molecular weight is 275 g/mol. The Morgan fingerprint density at radius 1 is 1.33 bits per heavy atom. The first-order chi connectivity index (χ1) is 8.50. The highest BCUT2D eigenvalue weighted by Crippen LogP contribution is 2.23. The molecule has 1 aromatic rings. The largest absolute Gasteiger partial charge is 0.338 e. The van der Waals surface area contributed by atoms with Crippen LogP contribution in [0.15, 0.2) is 12.1 Å². The van der Waals surface area contributed by atoms with Gasteiger partial charge in [-0.3, -0.25) is 4.79 Å². The summed E-state index contributed by atoms with van der Waals surface area (Å²) in [5.41, 5.74) is -0.161. The Labute approximate surface area is 107 Å². The van der Waals surface area contributed by atoms with Crippen molar-refractivity contribution in [3.05, 3.63) is 35.1 Å². The molecule has 1 aromatic carbocycles. The second-order valence-corrected chi connectivity index (χ2v) is 5.34. The molecular weight excluding hydrogens is 263 g/mol. The maximum absolute atomic E-state index is 13.1. The van der Waals surface area contributed by atoms with Crippen molar-refractivity contribution in [2.24, 2.45) is 0 Å². The topological polar surface area (TPSA) is 20.3 Å². The summed E-state index contributed by atoms with van der Waals surface area (Å²) in [6.45, 7) is 0. The molecule has 0 aliphatic carbocycles. The van der Waals surface area contributed by atoms with Gasteiger partial charge in [0.25, 0.3) is 5.91 Å². The Kier molecular flexibility index (Phi) is 3.85. The van der Waals surface area contributed by atoms with Gasteiger partial charge in [-0.2, -0.15) is 11.8 Å². The van der Waals surface area contributed by atoms with Crippen LogP contribution in [-0.4, -0.2) is 35.4 Å². The molecule has 0 aromatic heterocycles. The van der Waals surface area contributed by atoms with E-state index in [9.17, 15) is 18.0 Å². The summed E-state index contributed by atoms with van der Waals surface area (Å²) in [5, 5.41) is 0. The Bertz CT molecular complexity index is 451. The van der Waals surface area contributed by atoms with Crippen molar-refractivity contribution in [1.82, 2.24) is 4.90 Å². The van der Waals surface area contributed by atoms with E-state index in [1.165, 1.54) is 4.90 Å². The van der Waals surface area contributed by atoms with Crippen molar-refractivity contribution in [3.63, 3.8) is 0 Å². The van der Waals surface area contributed by atoms with Gasteiger partial charge in [-0.15, -0.1) is 0 Å². The quantitative estimate of drug-likeness (QED) is 0.773. The van der Waals surface area contributed by atoms with Gasteiger partial charge in [0.2, 0.25) is 0 Å². The number of amides is 1. The highest BCUT2D eigenvalue weighted by molar-refractivity contribution is 7.99. The van der Waals surface area contributed by atoms with E-state index in [1.807, 2.05) is 0 Å². The third-order valence-electron chi connectivity index (χ3n) is 3.00. The Morgan fingerprint density at radius 2 is 1.94 bits per heavy atom. The fraction of sp³-hybridized carbons (Fsp3) is 0.417. The van der Waals surface area contributed by atoms with Crippen molar-refractivity contribution in [2.75, 3.05) is 18.6 Å². The molecule has 1 unspecified atom stereocenters. The van der Waals surface area contributed by atoms with Crippen LogP contribution in [-0.2, 0) is 0 Å². The van der Waals surface area contributed by atoms with E-state index in [1.54, 1.807) is 18.8 Å². The SMILES string of the molecule is CN(C(=O)c1cc(F)c(F)c(F)c1)C1CCSC1. The molecule has 0 radical (unpaired) electrons. The van der Waals surface area contributed by atoms with Gasteiger partial charge in [-0.1, -0.05) is 0 Å². The van der Waals surface area contributed by atoms with Crippen LogP contribution in [0, 0.1) is 17.5 Å². The van der Waals surface area contributed by atoms with Gasteiger partial charge in [-0.25, -0.2) is 13.2 Å². The molecule has 0 spiro atoms. The van der Waals surface area contributed by atoms with Crippen molar-refractivity contribution >= 4 is 17.7 Å². The summed E-state index contributed by atoms with van der Waals surface area (Å²) >= 11 is 1.73. The van der Waals surface area contributed by atoms with Crippen LogP contribution in [0.5, 0.6) is 0 Å². The number of carbonyl (C=O) groups is 1. The predicted molar refractivity (Wildman–Crippen MR) is 64.1 cm³/mol. The lowest BCUT2D eigenvalue weighted by atomic mass is 10.1. The van der Waals surface area contributed by atoms with Crippen LogP contribution in [0.2, 0.25) is 0 Å². The summed E-state index contributed by atoms with van der Waals surface area (Å²) in [7, 11) is 1.60. The zero-order valence-corrected chi connectivity index (χ0v) is 10.6. The number of carbonyl (C=O) groups excluding carboxylic acids is 1. The summed E-state index contributed by atoms with van der Waals surface area (Å²) in [5.74, 6) is -2.94. The average Bonchev–Trinajstić information content (AvgIpc) is 2.87. The van der Waals surface area contributed by atoms with Crippen LogP contribution in [0.4, 0.5) is 13.2 Å². The fourth-order valence-corrected chi connectivity index (χ4v) is 3.14. The minimum absolute atomic E-state index is 0.0682. The maximum atomic E-state index is 13.1. The number of rotatable bonds is 2. The lowest BCUT2D eigenvalue weighted by Gasteiger charge is -2.23. The van der Waals surface area contributed by atoms with Gasteiger partial charge in [-0.05, 0) is 24.3 Å². The Hall–Kier alpha value is -1.17. The second-order valence-electron chi connectivity index (χ2n) is 4.19. The molecule has 0 bridgehead atoms. The standard InChI is InChI=1S/C12H12F3NOS/c1-16(8-2-3-18-6-8)12(17)7-4-9(13)11(15)10(14)5-7/h4-5,8H,2-3,6H2,1H3. The summed E-state index contributed by atoms with van der Waals surface area (Å²) < 4.78 is 38.9. The first-order valence-electron chi connectivity index (χ1n) is 5.50. The molecule has 0 saturated carbocycles. The zero-order chi connectivity index (χ0) is 13.3. The highest BCUT2D eigenvalue weighted by Gasteiger charge is 2.26. The van der Waals surface area contributed by atoms with Gasteiger partial charge in [0, 0.05) is 24.4 Å². The third-order valence-corrected chi connectivity index (χ3v) is 4.15. The monoisotopic (exact) mass is 275 g/mol. The molecule has 2 nitrogen and oxygen atoms in total. The van der Waals surface area contributed by atoms with E-state index in [2.05, 4.69) is 0 Å². The number of thioether (sulfide) groups is 1. The Balaban J connectivity index is 2.22. The summed E-state index contributed by atoms with van der Waals surface area (Å²) in [6.07, 6.45) is 0.860. The third kappa shape index (κ3) is 2.48. The van der Waals surface area contributed by atoms with E-state index in [0.717, 1.165) is 30.1 Å². The molecule has 98 valence electrons. The normalized spacial score (nSPS) is 19.0. The smallest absolute Gasteiger partial charge is 0.254 e. The van der Waals surface area contributed by atoms with Crippen LogP contribution >= 0.6 is 11.8 Å². The molecule has 1 aliphatic rings. The van der Waals surface area contributed by atoms with Crippen LogP contribution in [0.3, 0.4) is 0 Å². The highest BCUT2D eigenvalue weighted by atomic mass is 32.2. The van der Waals surface area contributed by atoms with Gasteiger partial charge in [0.1, 0.15) is 0 Å². The number of nitrogens with zero attached hydrogens (tertiary/aromatic N) is 1. The minimum atomic E-state index is -1.55. The fourth-order valence-electron chi connectivity index (χ4n) is 1.88. The van der Waals surface area contributed by atoms with Gasteiger partial charge < -0.3 is 4.90 Å². The minimum Gasteiger partial charge on any atom is -0.338 e. The van der Waals surface area contributed by atoms with Crippen molar-refractivity contribution < 1.29 is 18.0 Å². The molecule has 2 rings (SSSR count). The van der Waals surface area contributed by atoms with E-state index in [-0.39, 0.29) is 11.6 Å². The van der Waals surface area contributed by atoms with E-state index in [4.69, 9.17) is 0 Å². The summed E-state index contributed by atoms with van der Waals surface area (Å²) in [6, 6.07) is 1.54.